The van der Waals surface area contributed by atoms with E-state index in [0.29, 0.717) is 5.92 Å². The van der Waals surface area contributed by atoms with Gasteiger partial charge in [0.15, 0.2) is 0 Å². The van der Waals surface area contributed by atoms with Crippen LogP contribution in [-0.4, -0.2) is 12.3 Å². The molecule has 0 saturated carbocycles. The Labute approximate surface area is 134 Å². The molecule has 20 heavy (non-hydrogen) atoms. The minimum atomic E-state index is 0.604. The van der Waals surface area contributed by atoms with Crippen molar-refractivity contribution in [2.45, 2.75) is 24.7 Å². The molecular formula is C17H20BrNS. The zero-order valence-corrected chi connectivity index (χ0v) is 14.3. The summed E-state index contributed by atoms with van der Waals surface area (Å²) in [4.78, 5) is 1.34. The Hall–Kier alpha value is -0.930. The summed E-state index contributed by atoms with van der Waals surface area (Å²) in [6.07, 6.45) is 0. The maximum absolute atomic E-state index is 3.48. The normalized spacial score (nSPS) is 10.8. The third kappa shape index (κ3) is 4.88. The molecule has 0 unspecified atom stereocenters. The Morgan fingerprint density at radius 1 is 1.10 bits per heavy atom. The fraction of sp³-hybridized carbons (Fsp3) is 0.294. The first-order chi connectivity index (χ1) is 9.65. The van der Waals surface area contributed by atoms with Crippen molar-refractivity contribution in [1.82, 2.24) is 0 Å². The molecule has 0 fully saturated rings. The van der Waals surface area contributed by atoms with Gasteiger partial charge in [0.1, 0.15) is 0 Å². The first-order valence-electron chi connectivity index (χ1n) is 6.87. The van der Waals surface area contributed by atoms with E-state index in [-0.39, 0.29) is 0 Å². The number of hydrogen-bond donors (Lipinski definition) is 1. The molecule has 0 atom stereocenters. The van der Waals surface area contributed by atoms with Crippen LogP contribution < -0.4 is 5.32 Å². The van der Waals surface area contributed by atoms with Gasteiger partial charge in [-0.3, -0.25) is 0 Å². The van der Waals surface area contributed by atoms with Crippen LogP contribution in [0.2, 0.25) is 0 Å². The molecule has 0 radical (unpaired) electrons. The lowest BCUT2D eigenvalue weighted by Crippen LogP contribution is -2.03. The summed E-state index contributed by atoms with van der Waals surface area (Å²) < 4.78 is 1.11. The van der Waals surface area contributed by atoms with Crippen molar-refractivity contribution >= 4 is 33.4 Å². The van der Waals surface area contributed by atoms with Gasteiger partial charge in [0, 0.05) is 27.4 Å². The molecule has 1 nitrogen and oxygen atoms in total. The maximum Gasteiger partial charge on any atom is 0.0351 e. The summed E-state index contributed by atoms with van der Waals surface area (Å²) in [7, 11) is 0. The summed E-state index contributed by atoms with van der Waals surface area (Å²) in [5.74, 6) is 1.67. The molecule has 0 amide bonds. The first-order valence-corrected chi connectivity index (χ1v) is 8.65. The summed E-state index contributed by atoms with van der Waals surface area (Å²) in [5, 5.41) is 3.43. The zero-order valence-electron chi connectivity index (χ0n) is 11.9. The van der Waals surface area contributed by atoms with Gasteiger partial charge >= 0.3 is 0 Å². The van der Waals surface area contributed by atoms with Crippen LogP contribution in [0.25, 0.3) is 0 Å². The molecule has 0 bridgehead atoms. The second kappa shape index (κ2) is 7.75. The number of anilines is 1. The number of benzene rings is 2. The van der Waals surface area contributed by atoms with E-state index in [9.17, 15) is 0 Å². The Kier molecular flexibility index (Phi) is 5.99. The van der Waals surface area contributed by atoms with Crippen LogP contribution in [0.5, 0.6) is 0 Å². The Morgan fingerprint density at radius 3 is 2.50 bits per heavy atom. The summed E-state index contributed by atoms with van der Waals surface area (Å²) in [6, 6.07) is 17.2. The second-order valence-electron chi connectivity index (χ2n) is 5.01. The summed E-state index contributed by atoms with van der Waals surface area (Å²) >= 11 is 5.37. The van der Waals surface area contributed by atoms with E-state index in [1.807, 2.05) is 23.9 Å². The van der Waals surface area contributed by atoms with Gasteiger partial charge in [-0.15, -0.1) is 11.8 Å². The quantitative estimate of drug-likeness (QED) is 0.524. The van der Waals surface area contributed by atoms with Crippen molar-refractivity contribution in [3.8, 4) is 0 Å². The molecule has 106 valence electrons. The molecule has 1 N–H and O–H groups in total. The highest BCUT2D eigenvalue weighted by Gasteiger charge is 1.99. The van der Waals surface area contributed by atoms with E-state index in [0.717, 1.165) is 22.5 Å². The van der Waals surface area contributed by atoms with Crippen LogP contribution >= 0.6 is 27.7 Å². The van der Waals surface area contributed by atoms with Gasteiger partial charge in [0.05, 0.1) is 0 Å². The molecule has 0 heterocycles. The maximum atomic E-state index is 3.48. The Bertz CT molecular complexity index is 537. The molecule has 2 aromatic carbocycles. The predicted molar refractivity (Wildman–Crippen MR) is 93.9 cm³/mol. The average Bonchev–Trinajstić information content (AvgIpc) is 2.44. The highest BCUT2D eigenvalue weighted by Crippen LogP contribution is 2.22. The number of rotatable bonds is 6. The fourth-order valence-corrected chi connectivity index (χ4v) is 3.08. The van der Waals surface area contributed by atoms with Crippen LogP contribution in [0.3, 0.4) is 0 Å². The lowest BCUT2D eigenvalue weighted by atomic mass is 10.0. The van der Waals surface area contributed by atoms with Gasteiger partial charge < -0.3 is 5.32 Å². The molecule has 2 aromatic rings. The minimum absolute atomic E-state index is 0.604. The third-order valence-corrected chi connectivity index (χ3v) is 4.58. The monoisotopic (exact) mass is 349 g/mol. The molecule has 3 heteroatoms. The Balaban J connectivity index is 1.75. The molecule has 2 rings (SSSR count). The largest absolute Gasteiger partial charge is 0.384 e. The molecule has 0 aliphatic heterocycles. The van der Waals surface area contributed by atoms with E-state index < -0.39 is 0 Å². The van der Waals surface area contributed by atoms with E-state index in [1.165, 1.54) is 10.5 Å². The van der Waals surface area contributed by atoms with Crippen LogP contribution in [0.15, 0.2) is 57.9 Å². The first kappa shape index (κ1) is 15.5. The Morgan fingerprint density at radius 2 is 1.85 bits per heavy atom. The molecule has 0 saturated heterocycles. The van der Waals surface area contributed by atoms with Crippen LogP contribution in [0, 0.1) is 0 Å². The lowest BCUT2D eigenvalue weighted by Gasteiger charge is -2.08. The van der Waals surface area contributed by atoms with E-state index in [2.05, 4.69) is 71.5 Å². The van der Waals surface area contributed by atoms with Crippen molar-refractivity contribution in [1.29, 1.82) is 0 Å². The lowest BCUT2D eigenvalue weighted by molar-refractivity contribution is 0.865. The molecule has 0 spiro atoms. The molecule has 0 aliphatic rings. The fourth-order valence-electron chi connectivity index (χ4n) is 1.91. The van der Waals surface area contributed by atoms with Gasteiger partial charge in [-0.1, -0.05) is 48.0 Å². The highest BCUT2D eigenvalue weighted by molar-refractivity contribution is 9.10. The van der Waals surface area contributed by atoms with Crippen molar-refractivity contribution in [2.24, 2.45) is 0 Å². The SMILES string of the molecule is CC(C)c1ccc(SCCNc2cccc(Br)c2)cc1. The predicted octanol–water partition coefficient (Wildman–Crippen LogP) is 5.78. The van der Waals surface area contributed by atoms with Crippen LogP contribution in [-0.2, 0) is 0 Å². The second-order valence-corrected chi connectivity index (χ2v) is 7.09. The number of thioether (sulfide) groups is 1. The third-order valence-electron chi connectivity index (χ3n) is 3.07. The summed E-state index contributed by atoms with van der Waals surface area (Å²) in [6.45, 7) is 5.42. The van der Waals surface area contributed by atoms with Gasteiger partial charge in [-0.25, -0.2) is 0 Å². The van der Waals surface area contributed by atoms with Crippen molar-refractivity contribution in [3.63, 3.8) is 0 Å². The molecule has 0 aliphatic carbocycles. The molecule has 0 aromatic heterocycles. The van der Waals surface area contributed by atoms with Crippen LogP contribution in [0.4, 0.5) is 5.69 Å². The van der Waals surface area contributed by atoms with Crippen molar-refractivity contribution in [3.05, 3.63) is 58.6 Å². The average molecular weight is 350 g/mol. The zero-order chi connectivity index (χ0) is 14.4. The minimum Gasteiger partial charge on any atom is -0.384 e. The van der Waals surface area contributed by atoms with E-state index >= 15 is 0 Å². The van der Waals surface area contributed by atoms with Gasteiger partial charge in [0.25, 0.3) is 0 Å². The van der Waals surface area contributed by atoms with Gasteiger partial charge in [-0.05, 0) is 41.8 Å². The van der Waals surface area contributed by atoms with E-state index in [4.69, 9.17) is 0 Å². The van der Waals surface area contributed by atoms with E-state index in [1.54, 1.807) is 0 Å². The van der Waals surface area contributed by atoms with Crippen LogP contribution in [0.1, 0.15) is 25.3 Å². The smallest absolute Gasteiger partial charge is 0.0351 e. The highest BCUT2D eigenvalue weighted by atomic mass is 79.9. The van der Waals surface area contributed by atoms with Crippen molar-refractivity contribution < 1.29 is 0 Å². The topological polar surface area (TPSA) is 12.0 Å². The molecular weight excluding hydrogens is 330 g/mol. The van der Waals surface area contributed by atoms with Gasteiger partial charge in [-0.2, -0.15) is 0 Å². The van der Waals surface area contributed by atoms with Gasteiger partial charge in [0.2, 0.25) is 0 Å². The number of halogens is 1. The number of nitrogens with one attached hydrogen (secondary N) is 1. The van der Waals surface area contributed by atoms with Crippen molar-refractivity contribution in [2.75, 3.05) is 17.6 Å². The summed E-state index contributed by atoms with van der Waals surface area (Å²) in [5.41, 5.74) is 2.57. The number of hydrogen-bond acceptors (Lipinski definition) is 2. The standard InChI is InChI=1S/C17H20BrNS/c1-13(2)14-6-8-17(9-7-14)20-11-10-19-16-5-3-4-15(18)12-16/h3-9,12-13,19H,10-11H2,1-2H3.